The van der Waals surface area contributed by atoms with Crippen LogP contribution < -0.4 is 0 Å². The van der Waals surface area contributed by atoms with E-state index in [1.165, 1.54) is 0 Å². The summed E-state index contributed by atoms with van der Waals surface area (Å²) in [6, 6.07) is 0. The van der Waals surface area contributed by atoms with E-state index in [-0.39, 0.29) is 24.9 Å². The Balaban J connectivity index is 2.45. The molecule has 0 amide bonds. The number of esters is 1. The summed E-state index contributed by atoms with van der Waals surface area (Å²) in [5.74, 6) is -0.469. The Morgan fingerprint density at radius 1 is 1.60 bits per heavy atom. The van der Waals surface area contributed by atoms with Gasteiger partial charge in [0, 0.05) is 11.3 Å². The lowest BCUT2D eigenvalue weighted by atomic mass is 9.63. The van der Waals surface area contributed by atoms with Gasteiger partial charge in [0.1, 0.15) is 0 Å². The van der Waals surface area contributed by atoms with Crippen molar-refractivity contribution < 1.29 is 19.7 Å². The molecule has 0 aromatic rings. The Labute approximate surface area is 88.6 Å². The average molecular weight is 212 g/mol. The molecule has 3 unspecified atom stereocenters. The summed E-state index contributed by atoms with van der Waals surface area (Å²) in [5, 5.41) is 19.2. The summed E-state index contributed by atoms with van der Waals surface area (Å²) >= 11 is 0. The summed E-state index contributed by atoms with van der Waals surface area (Å²) in [5.41, 5.74) is -1.37. The molecule has 0 aromatic heterocycles. The van der Waals surface area contributed by atoms with E-state index in [0.29, 0.717) is 0 Å². The van der Waals surface area contributed by atoms with Gasteiger partial charge in [0.25, 0.3) is 0 Å². The van der Waals surface area contributed by atoms with Crippen molar-refractivity contribution in [1.82, 2.24) is 0 Å². The Bertz CT molecular complexity index is 321. The fourth-order valence-electron chi connectivity index (χ4n) is 2.61. The van der Waals surface area contributed by atoms with Crippen molar-refractivity contribution in [3.05, 3.63) is 12.2 Å². The van der Waals surface area contributed by atoms with E-state index in [4.69, 9.17) is 4.74 Å². The third-order valence-electron chi connectivity index (χ3n) is 3.73. The van der Waals surface area contributed by atoms with Gasteiger partial charge in [-0.3, -0.25) is 4.79 Å². The maximum absolute atomic E-state index is 11.3. The van der Waals surface area contributed by atoms with Crippen molar-refractivity contribution in [3.63, 3.8) is 0 Å². The Morgan fingerprint density at radius 3 is 2.87 bits per heavy atom. The first-order chi connectivity index (χ1) is 6.92. The van der Waals surface area contributed by atoms with Crippen LogP contribution in [0.3, 0.4) is 0 Å². The minimum atomic E-state index is -0.917. The summed E-state index contributed by atoms with van der Waals surface area (Å²) < 4.78 is 5.20. The normalized spacial score (nSPS) is 42.5. The smallest absolute Gasteiger partial charge is 0.307 e. The van der Waals surface area contributed by atoms with Gasteiger partial charge < -0.3 is 14.9 Å². The molecule has 0 radical (unpaired) electrons. The highest BCUT2D eigenvalue weighted by Crippen LogP contribution is 2.50. The van der Waals surface area contributed by atoms with Gasteiger partial charge in [-0.25, -0.2) is 0 Å². The quantitative estimate of drug-likeness (QED) is 0.482. The summed E-state index contributed by atoms with van der Waals surface area (Å²) in [6.45, 7) is 3.55. The second kappa shape index (κ2) is 3.06. The minimum Gasteiger partial charge on any atom is -0.452 e. The monoisotopic (exact) mass is 212 g/mol. The third kappa shape index (κ3) is 1.32. The third-order valence-corrected chi connectivity index (χ3v) is 3.73. The van der Waals surface area contributed by atoms with Crippen LogP contribution in [0.2, 0.25) is 0 Å². The highest BCUT2D eigenvalue weighted by atomic mass is 16.6. The Kier molecular flexibility index (Phi) is 2.17. The van der Waals surface area contributed by atoms with Gasteiger partial charge >= 0.3 is 5.97 Å². The molecule has 0 bridgehead atoms. The molecule has 0 saturated carbocycles. The van der Waals surface area contributed by atoms with Crippen molar-refractivity contribution >= 4 is 5.97 Å². The first-order valence-electron chi connectivity index (χ1n) is 5.12. The van der Waals surface area contributed by atoms with Gasteiger partial charge in [-0.1, -0.05) is 19.9 Å². The van der Waals surface area contributed by atoms with Gasteiger partial charge in [0.2, 0.25) is 0 Å². The number of hydrogen-bond acceptors (Lipinski definition) is 4. The van der Waals surface area contributed by atoms with Crippen LogP contribution in [0.4, 0.5) is 0 Å². The second-order valence-corrected chi connectivity index (χ2v) is 4.97. The van der Waals surface area contributed by atoms with Crippen molar-refractivity contribution in [3.8, 4) is 0 Å². The van der Waals surface area contributed by atoms with Crippen LogP contribution in [0.15, 0.2) is 12.2 Å². The lowest BCUT2D eigenvalue weighted by molar-refractivity contribution is -0.151. The number of aliphatic hydroxyl groups is 2. The van der Waals surface area contributed by atoms with Crippen LogP contribution >= 0.6 is 0 Å². The second-order valence-electron chi connectivity index (χ2n) is 4.97. The molecule has 4 nitrogen and oxygen atoms in total. The zero-order valence-corrected chi connectivity index (χ0v) is 8.93. The van der Waals surface area contributed by atoms with Gasteiger partial charge in [-0.15, -0.1) is 0 Å². The topological polar surface area (TPSA) is 66.8 Å². The summed E-state index contributed by atoms with van der Waals surface area (Å²) in [6.07, 6.45) is 2.88. The first-order valence-corrected chi connectivity index (χ1v) is 5.12. The number of hydrogen-bond donors (Lipinski definition) is 2. The van der Waals surface area contributed by atoms with Crippen molar-refractivity contribution in [2.75, 3.05) is 6.61 Å². The Morgan fingerprint density at radius 2 is 2.27 bits per heavy atom. The summed E-state index contributed by atoms with van der Waals surface area (Å²) in [4.78, 5) is 11.3. The predicted octanol–water partition coefficient (Wildman–Crippen LogP) is 0.238. The highest BCUT2D eigenvalue weighted by Gasteiger charge is 2.57. The van der Waals surface area contributed by atoms with Gasteiger partial charge in [-0.05, 0) is 6.08 Å². The van der Waals surface area contributed by atoms with E-state index in [9.17, 15) is 15.0 Å². The maximum atomic E-state index is 11.3. The number of rotatable bonds is 1. The van der Waals surface area contributed by atoms with Crippen LogP contribution in [0.5, 0.6) is 0 Å². The van der Waals surface area contributed by atoms with Crippen molar-refractivity contribution in [2.45, 2.75) is 32.0 Å². The molecule has 1 fully saturated rings. The molecule has 1 saturated heterocycles. The largest absolute Gasteiger partial charge is 0.452 e. The highest BCUT2D eigenvalue weighted by molar-refractivity contribution is 5.74. The van der Waals surface area contributed by atoms with E-state index in [0.717, 1.165) is 0 Å². The molecular weight excluding hydrogens is 196 g/mol. The molecule has 3 atom stereocenters. The molecule has 1 aliphatic carbocycles. The van der Waals surface area contributed by atoms with Gasteiger partial charge in [0.15, 0.2) is 5.60 Å². The maximum Gasteiger partial charge on any atom is 0.307 e. The predicted molar refractivity (Wildman–Crippen MR) is 52.9 cm³/mol. The molecule has 2 aliphatic rings. The fourth-order valence-corrected chi connectivity index (χ4v) is 2.61. The Hall–Kier alpha value is -0.870. The van der Waals surface area contributed by atoms with Crippen molar-refractivity contribution in [1.29, 1.82) is 0 Å². The van der Waals surface area contributed by atoms with Crippen LogP contribution in [-0.2, 0) is 9.53 Å². The molecule has 0 spiro atoms. The fraction of sp³-hybridized carbons (Fsp3) is 0.727. The van der Waals surface area contributed by atoms with Gasteiger partial charge in [-0.2, -0.15) is 0 Å². The van der Waals surface area contributed by atoms with Crippen molar-refractivity contribution in [2.24, 2.45) is 11.3 Å². The molecule has 4 heteroatoms. The number of ether oxygens (including phenoxy) is 1. The average Bonchev–Trinajstić information content (AvgIpc) is 2.52. The zero-order chi connectivity index (χ0) is 11.3. The van der Waals surface area contributed by atoms with Gasteiger partial charge in [0.05, 0.1) is 19.1 Å². The van der Waals surface area contributed by atoms with Crippen LogP contribution in [0, 0.1) is 11.3 Å². The van der Waals surface area contributed by atoms with E-state index in [1.807, 2.05) is 13.8 Å². The van der Waals surface area contributed by atoms with E-state index >= 15 is 0 Å². The number of fused-ring (bicyclic) bond motifs is 1. The van der Waals surface area contributed by atoms with E-state index in [1.54, 1.807) is 12.2 Å². The summed E-state index contributed by atoms with van der Waals surface area (Å²) in [7, 11) is 0. The molecule has 0 aromatic carbocycles. The molecule has 1 aliphatic heterocycles. The van der Waals surface area contributed by atoms with E-state index < -0.39 is 17.1 Å². The number of carbonyl (C=O) groups is 1. The molecular formula is C11H16O4. The lowest BCUT2D eigenvalue weighted by Crippen LogP contribution is -2.51. The zero-order valence-electron chi connectivity index (χ0n) is 8.93. The van der Waals surface area contributed by atoms with E-state index in [2.05, 4.69) is 0 Å². The SMILES string of the molecule is CC1(C)C(O)C=CC2(CO)OC(=O)CC21. The molecule has 84 valence electrons. The standard InChI is InChI=1S/C11H16O4/c1-10(2)7-5-9(14)15-11(7,6-12)4-3-8(10)13/h3-4,7-8,12-13H,5-6H2,1-2H3. The van der Waals surface area contributed by atoms with Crippen LogP contribution in [-0.4, -0.2) is 34.5 Å². The van der Waals surface area contributed by atoms with Crippen LogP contribution in [0.25, 0.3) is 0 Å². The number of carbonyl (C=O) groups excluding carboxylic acids is 1. The lowest BCUT2D eigenvalue weighted by Gasteiger charge is -2.44. The van der Waals surface area contributed by atoms with Crippen LogP contribution in [0.1, 0.15) is 20.3 Å². The molecule has 2 N–H and O–H groups in total. The molecule has 1 heterocycles. The minimum absolute atomic E-state index is 0.164. The first kappa shape index (κ1) is 10.6. The molecule has 2 rings (SSSR count). The number of aliphatic hydroxyl groups excluding tert-OH is 2. The molecule has 15 heavy (non-hydrogen) atoms.